The van der Waals surface area contributed by atoms with Crippen molar-refractivity contribution in [3.8, 4) is 0 Å². The lowest BCUT2D eigenvalue weighted by Crippen LogP contribution is -2.38. The van der Waals surface area contributed by atoms with E-state index in [0.717, 1.165) is 4.31 Å². The molecule has 0 fully saturated rings. The molecule has 0 bridgehead atoms. The first-order chi connectivity index (χ1) is 7.86. The Morgan fingerprint density at radius 3 is 2.76 bits per heavy atom. The van der Waals surface area contributed by atoms with E-state index in [1.54, 1.807) is 19.2 Å². The second-order valence-corrected chi connectivity index (χ2v) is 6.18. The Hall–Kier alpha value is -0.370. The molecule has 8 heteroatoms. The summed E-state index contributed by atoms with van der Waals surface area (Å²) in [5, 5.41) is 5.18. The van der Waals surface area contributed by atoms with Crippen molar-refractivity contribution in [2.75, 3.05) is 16.7 Å². The maximum Gasteiger partial charge on any atom is 0.299 e. The molecule has 0 unspecified atom stereocenters. The van der Waals surface area contributed by atoms with Crippen molar-refractivity contribution in [2.24, 2.45) is 5.14 Å². The van der Waals surface area contributed by atoms with Crippen molar-refractivity contribution in [2.45, 2.75) is 13.3 Å². The number of anilines is 1. The summed E-state index contributed by atoms with van der Waals surface area (Å²) in [6.07, 6.45) is 2.12. The average molecular weight is 343 g/mol. The molecule has 1 heterocycles. The largest absolute Gasteiger partial charge is 0.299 e. The van der Waals surface area contributed by atoms with Gasteiger partial charge < -0.3 is 0 Å². The third-order valence-corrected chi connectivity index (χ3v) is 3.79. The fourth-order valence-electron chi connectivity index (χ4n) is 1.34. The summed E-state index contributed by atoms with van der Waals surface area (Å²) in [6.45, 7) is 1.96. The number of nitrogens with zero attached hydrogens (tertiary/aromatic N) is 2. The Kier molecular flexibility index (Phi) is 5.18. The molecule has 0 aliphatic carbocycles. The van der Waals surface area contributed by atoms with Crippen molar-refractivity contribution >= 4 is 43.4 Å². The predicted octanol–water partition coefficient (Wildman–Crippen LogP) is 1.79. The minimum atomic E-state index is -3.82. The lowest BCUT2D eigenvalue weighted by Gasteiger charge is -2.22. The lowest BCUT2D eigenvalue weighted by molar-refractivity contribution is 0.591. The van der Waals surface area contributed by atoms with E-state index in [0.29, 0.717) is 28.2 Å². The molecular formula is C9H13BrClN3O2S. The van der Waals surface area contributed by atoms with Crippen LogP contribution in [0.5, 0.6) is 0 Å². The smallest absolute Gasteiger partial charge is 0.258 e. The van der Waals surface area contributed by atoms with E-state index in [-0.39, 0.29) is 6.54 Å². The van der Waals surface area contributed by atoms with Crippen LogP contribution in [-0.2, 0) is 10.2 Å². The molecule has 0 aromatic carbocycles. The van der Waals surface area contributed by atoms with E-state index in [1.807, 2.05) is 0 Å². The topological polar surface area (TPSA) is 76.3 Å². The van der Waals surface area contributed by atoms with Crippen molar-refractivity contribution in [3.63, 3.8) is 0 Å². The molecule has 0 radical (unpaired) electrons. The van der Waals surface area contributed by atoms with Crippen LogP contribution >= 0.6 is 27.5 Å². The fraction of sp³-hybridized carbons (Fsp3) is 0.444. The summed E-state index contributed by atoms with van der Waals surface area (Å²) in [5.41, 5.74) is 1.06. The maximum atomic E-state index is 11.5. The highest BCUT2D eigenvalue weighted by molar-refractivity contribution is 9.10. The molecule has 0 spiro atoms. The van der Waals surface area contributed by atoms with E-state index < -0.39 is 10.2 Å². The molecule has 1 rings (SSSR count). The molecule has 0 saturated carbocycles. The predicted molar refractivity (Wildman–Crippen MR) is 72.5 cm³/mol. The highest BCUT2D eigenvalue weighted by Gasteiger charge is 2.20. The summed E-state index contributed by atoms with van der Waals surface area (Å²) < 4.78 is 24.8. The van der Waals surface area contributed by atoms with Crippen LogP contribution in [0.4, 0.5) is 5.69 Å². The number of nitrogens with two attached hydrogens (primary N) is 1. The first-order valence-electron chi connectivity index (χ1n) is 4.85. The molecule has 17 heavy (non-hydrogen) atoms. The Labute approximate surface area is 114 Å². The standard InChI is InChI=1S/C9H13BrClN3O2S/c1-7-9(5-8(10)6-13-7)14(4-2-3-11)17(12,15)16/h5-6H,2-4H2,1H3,(H2,12,15,16). The Morgan fingerprint density at radius 2 is 2.24 bits per heavy atom. The summed E-state index contributed by atoms with van der Waals surface area (Å²) in [6, 6.07) is 1.67. The number of aromatic nitrogens is 1. The molecule has 1 aromatic rings. The summed E-state index contributed by atoms with van der Waals surface area (Å²) >= 11 is 8.82. The zero-order chi connectivity index (χ0) is 13.1. The summed E-state index contributed by atoms with van der Waals surface area (Å²) in [4.78, 5) is 4.08. The van der Waals surface area contributed by atoms with Crippen molar-refractivity contribution < 1.29 is 8.42 Å². The van der Waals surface area contributed by atoms with Gasteiger partial charge in [0.2, 0.25) is 0 Å². The van der Waals surface area contributed by atoms with Gasteiger partial charge in [0.05, 0.1) is 11.4 Å². The van der Waals surface area contributed by atoms with Crippen LogP contribution < -0.4 is 9.44 Å². The third-order valence-electron chi connectivity index (χ3n) is 2.10. The molecule has 5 nitrogen and oxygen atoms in total. The molecule has 0 amide bonds. The van der Waals surface area contributed by atoms with Gasteiger partial charge in [-0.2, -0.15) is 8.42 Å². The van der Waals surface area contributed by atoms with E-state index >= 15 is 0 Å². The van der Waals surface area contributed by atoms with E-state index in [1.165, 1.54) is 0 Å². The van der Waals surface area contributed by atoms with Gasteiger partial charge in [-0.25, -0.2) is 5.14 Å². The third kappa shape index (κ3) is 4.09. The van der Waals surface area contributed by atoms with Crippen molar-refractivity contribution in [1.29, 1.82) is 0 Å². The highest BCUT2D eigenvalue weighted by Crippen LogP contribution is 2.24. The molecule has 0 aliphatic heterocycles. The van der Waals surface area contributed by atoms with Crippen LogP contribution in [0.3, 0.4) is 0 Å². The van der Waals surface area contributed by atoms with Crippen molar-refractivity contribution in [1.82, 2.24) is 4.98 Å². The second-order valence-electron chi connectivity index (χ2n) is 3.42. The molecule has 1 aromatic heterocycles. The lowest BCUT2D eigenvalue weighted by atomic mass is 10.3. The minimum absolute atomic E-state index is 0.237. The van der Waals surface area contributed by atoms with E-state index in [4.69, 9.17) is 16.7 Å². The number of rotatable bonds is 5. The highest BCUT2D eigenvalue weighted by atomic mass is 79.9. The average Bonchev–Trinajstić information content (AvgIpc) is 2.21. The van der Waals surface area contributed by atoms with Gasteiger partial charge >= 0.3 is 0 Å². The van der Waals surface area contributed by atoms with Crippen LogP contribution in [0.2, 0.25) is 0 Å². The fourth-order valence-corrected chi connectivity index (χ4v) is 2.62. The zero-order valence-electron chi connectivity index (χ0n) is 9.23. The number of alkyl halides is 1. The van der Waals surface area contributed by atoms with Crippen LogP contribution in [0.25, 0.3) is 0 Å². The van der Waals surface area contributed by atoms with E-state index in [2.05, 4.69) is 20.9 Å². The monoisotopic (exact) mass is 341 g/mol. The molecule has 2 N–H and O–H groups in total. The molecule has 0 saturated heterocycles. The van der Waals surface area contributed by atoms with Gasteiger partial charge in [-0.3, -0.25) is 9.29 Å². The van der Waals surface area contributed by atoms with Gasteiger partial charge in [0.1, 0.15) is 0 Å². The van der Waals surface area contributed by atoms with Gasteiger partial charge in [0.25, 0.3) is 10.2 Å². The Morgan fingerprint density at radius 1 is 1.59 bits per heavy atom. The van der Waals surface area contributed by atoms with Gasteiger partial charge in [-0.05, 0) is 35.3 Å². The van der Waals surface area contributed by atoms with Gasteiger partial charge in [-0.1, -0.05) is 0 Å². The number of hydrogen-bond acceptors (Lipinski definition) is 3. The SMILES string of the molecule is Cc1ncc(Br)cc1N(CCCCl)S(N)(=O)=O. The number of hydrogen-bond donors (Lipinski definition) is 1. The summed E-state index contributed by atoms with van der Waals surface area (Å²) in [5.74, 6) is 0.368. The van der Waals surface area contributed by atoms with Crippen molar-refractivity contribution in [3.05, 3.63) is 22.4 Å². The minimum Gasteiger partial charge on any atom is -0.258 e. The summed E-state index contributed by atoms with van der Waals surface area (Å²) in [7, 11) is -3.82. The second kappa shape index (κ2) is 5.99. The van der Waals surface area contributed by atoms with E-state index in [9.17, 15) is 8.42 Å². The Bertz CT molecular complexity index is 495. The first kappa shape index (κ1) is 14.7. The van der Waals surface area contributed by atoms with Gasteiger partial charge in [0, 0.05) is 23.1 Å². The first-order valence-corrected chi connectivity index (χ1v) is 7.68. The van der Waals surface area contributed by atoms with Crippen LogP contribution in [0.15, 0.2) is 16.7 Å². The molecule has 0 atom stereocenters. The zero-order valence-corrected chi connectivity index (χ0v) is 12.4. The van der Waals surface area contributed by atoms with Gasteiger partial charge in [-0.15, -0.1) is 11.6 Å². The quantitative estimate of drug-likeness (QED) is 0.829. The van der Waals surface area contributed by atoms with Gasteiger partial charge in [0.15, 0.2) is 0 Å². The van der Waals surface area contributed by atoms with Crippen LogP contribution in [-0.4, -0.2) is 25.8 Å². The number of halogens is 2. The molecular weight excluding hydrogens is 330 g/mol. The molecule has 96 valence electrons. The molecule has 0 aliphatic rings. The Balaban J connectivity index is 3.17. The number of pyridine rings is 1. The van der Waals surface area contributed by atoms with Crippen LogP contribution in [0.1, 0.15) is 12.1 Å². The number of aryl methyl sites for hydroxylation is 1. The normalized spacial score (nSPS) is 11.5. The van der Waals surface area contributed by atoms with Crippen LogP contribution in [0, 0.1) is 6.92 Å². The maximum absolute atomic E-state index is 11.5.